The van der Waals surface area contributed by atoms with Crippen molar-refractivity contribution < 1.29 is 0 Å². The molecule has 0 radical (unpaired) electrons. The molecular formula is C50H36N2. The molecular weight excluding hydrogens is 629 g/mol. The minimum absolute atomic E-state index is 1.07. The Morgan fingerprint density at radius 2 is 0.846 bits per heavy atom. The Balaban J connectivity index is 1.12. The first-order valence-electron chi connectivity index (χ1n) is 17.8. The van der Waals surface area contributed by atoms with Crippen LogP contribution in [0.15, 0.2) is 212 Å². The summed E-state index contributed by atoms with van der Waals surface area (Å²) in [5, 5.41) is 8.53. The van der Waals surface area contributed by atoms with E-state index in [1.807, 2.05) is 6.07 Å². The lowest BCUT2D eigenvalue weighted by molar-refractivity contribution is 1.29. The fraction of sp³-hybridized carbons (Fsp3) is 0. The second kappa shape index (κ2) is 13.8. The Bertz CT molecular complexity index is 2630. The maximum Gasteiger partial charge on any atom is 0.0468 e. The number of nitrogens with one attached hydrogen (secondary N) is 1. The molecule has 246 valence electrons. The van der Waals surface area contributed by atoms with Crippen molar-refractivity contribution in [2.24, 2.45) is 0 Å². The summed E-state index contributed by atoms with van der Waals surface area (Å²) in [4.78, 5) is 2.36. The van der Waals surface area contributed by atoms with Gasteiger partial charge in [0.25, 0.3) is 0 Å². The SMILES string of the molecule is c1ccc(Nc2ccccc2-c2cccc3cc(N(c4ccc(-c5ccccc5)cc4)c4ccc(-c5ccc6ccccc6c5)cc4)ccc23)cc1. The molecule has 9 aromatic rings. The molecule has 0 heterocycles. The third-order valence-corrected chi connectivity index (χ3v) is 9.83. The first kappa shape index (κ1) is 31.1. The van der Waals surface area contributed by atoms with Crippen molar-refractivity contribution in [3.63, 3.8) is 0 Å². The van der Waals surface area contributed by atoms with Gasteiger partial charge in [0.15, 0.2) is 0 Å². The average molecular weight is 665 g/mol. The van der Waals surface area contributed by atoms with Gasteiger partial charge in [-0.15, -0.1) is 0 Å². The molecule has 0 saturated heterocycles. The Hall–Kier alpha value is -6.90. The van der Waals surface area contributed by atoms with E-state index in [0.717, 1.165) is 28.4 Å². The van der Waals surface area contributed by atoms with Crippen LogP contribution >= 0.6 is 0 Å². The van der Waals surface area contributed by atoms with Crippen molar-refractivity contribution in [2.45, 2.75) is 0 Å². The zero-order valence-electron chi connectivity index (χ0n) is 28.7. The number of rotatable bonds is 8. The molecule has 2 heteroatoms. The molecule has 0 aliphatic carbocycles. The van der Waals surface area contributed by atoms with Gasteiger partial charge in [-0.05, 0) is 110 Å². The minimum Gasteiger partial charge on any atom is -0.355 e. The zero-order chi connectivity index (χ0) is 34.7. The predicted octanol–water partition coefficient (Wildman–Crippen LogP) is 14.2. The molecule has 52 heavy (non-hydrogen) atoms. The topological polar surface area (TPSA) is 15.3 Å². The fourth-order valence-electron chi connectivity index (χ4n) is 7.20. The molecule has 0 aliphatic rings. The first-order valence-corrected chi connectivity index (χ1v) is 17.8. The summed E-state index contributed by atoms with van der Waals surface area (Å²) in [6.07, 6.45) is 0. The fourth-order valence-corrected chi connectivity index (χ4v) is 7.20. The molecule has 2 nitrogen and oxygen atoms in total. The number of para-hydroxylation sites is 2. The molecule has 0 aromatic heterocycles. The van der Waals surface area contributed by atoms with Gasteiger partial charge < -0.3 is 10.2 Å². The highest BCUT2D eigenvalue weighted by molar-refractivity contribution is 6.02. The van der Waals surface area contributed by atoms with Crippen LogP contribution in [-0.2, 0) is 0 Å². The molecule has 0 spiro atoms. The summed E-state index contributed by atoms with van der Waals surface area (Å²) in [5.74, 6) is 0. The molecule has 0 aliphatic heterocycles. The number of hydrogen-bond donors (Lipinski definition) is 1. The van der Waals surface area contributed by atoms with Crippen LogP contribution < -0.4 is 10.2 Å². The molecule has 9 rings (SSSR count). The highest BCUT2D eigenvalue weighted by Crippen LogP contribution is 2.41. The van der Waals surface area contributed by atoms with Crippen molar-refractivity contribution in [1.29, 1.82) is 0 Å². The normalized spacial score (nSPS) is 11.1. The number of hydrogen-bond acceptors (Lipinski definition) is 2. The molecule has 9 aromatic carbocycles. The third-order valence-electron chi connectivity index (χ3n) is 9.83. The Morgan fingerprint density at radius 1 is 0.308 bits per heavy atom. The van der Waals surface area contributed by atoms with E-state index in [2.05, 4.69) is 216 Å². The average Bonchev–Trinajstić information content (AvgIpc) is 3.22. The lowest BCUT2D eigenvalue weighted by Gasteiger charge is -2.26. The summed E-state index contributed by atoms with van der Waals surface area (Å²) in [7, 11) is 0. The Morgan fingerprint density at radius 3 is 1.60 bits per heavy atom. The molecule has 0 fully saturated rings. The van der Waals surface area contributed by atoms with Crippen LogP contribution in [0.3, 0.4) is 0 Å². The van der Waals surface area contributed by atoms with E-state index < -0.39 is 0 Å². The molecule has 0 amide bonds. The minimum atomic E-state index is 1.07. The lowest BCUT2D eigenvalue weighted by atomic mass is 9.96. The van der Waals surface area contributed by atoms with Crippen molar-refractivity contribution in [1.82, 2.24) is 0 Å². The van der Waals surface area contributed by atoms with E-state index in [1.54, 1.807) is 0 Å². The maximum absolute atomic E-state index is 3.64. The molecule has 0 atom stereocenters. The van der Waals surface area contributed by atoms with Crippen molar-refractivity contribution in [3.8, 4) is 33.4 Å². The Kier molecular flexibility index (Phi) is 8.24. The van der Waals surface area contributed by atoms with Gasteiger partial charge in [0.1, 0.15) is 0 Å². The van der Waals surface area contributed by atoms with Crippen LogP contribution in [0, 0.1) is 0 Å². The monoisotopic (exact) mass is 664 g/mol. The van der Waals surface area contributed by atoms with E-state index in [9.17, 15) is 0 Å². The maximum atomic E-state index is 3.64. The lowest BCUT2D eigenvalue weighted by Crippen LogP contribution is -2.10. The summed E-state index contributed by atoms with van der Waals surface area (Å²) in [6, 6.07) is 76.0. The van der Waals surface area contributed by atoms with Gasteiger partial charge in [0.2, 0.25) is 0 Å². The van der Waals surface area contributed by atoms with E-state index in [0.29, 0.717) is 0 Å². The van der Waals surface area contributed by atoms with E-state index in [-0.39, 0.29) is 0 Å². The summed E-state index contributed by atoms with van der Waals surface area (Å²) < 4.78 is 0. The molecule has 1 N–H and O–H groups in total. The van der Waals surface area contributed by atoms with Crippen molar-refractivity contribution in [2.75, 3.05) is 10.2 Å². The second-order valence-corrected chi connectivity index (χ2v) is 13.1. The number of nitrogens with zero attached hydrogens (tertiary/aromatic N) is 1. The smallest absolute Gasteiger partial charge is 0.0468 e. The van der Waals surface area contributed by atoms with Gasteiger partial charge in [-0.3, -0.25) is 0 Å². The van der Waals surface area contributed by atoms with Crippen molar-refractivity contribution >= 4 is 50.0 Å². The van der Waals surface area contributed by atoms with Crippen LogP contribution in [0.25, 0.3) is 54.9 Å². The number of fused-ring (bicyclic) bond motifs is 2. The summed E-state index contributed by atoms with van der Waals surface area (Å²) in [6.45, 7) is 0. The van der Waals surface area contributed by atoms with Crippen molar-refractivity contribution in [3.05, 3.63) is 212 Å². The highest BCUT2D eigenvalue weighted by Gasteiger charge is 2.16. The molecule has 0 bridgehead atoms. The Labute approximate surface area is 304 Å². The predicted molar refractivity (Wildman–Crippen MR) is 222 cm³/mol. The van der Waals surface area contributed by atoms with Gasteiger partial charge in [-0.25, -0.2) is 0 Å². The van der Waals surface area contributed by atoms with E-state index in [1.165, 1.54) is 54.9 Å². The quantitative estimate of drug-likeness (QED) is 0.174. The van der Waals surface area contributed by atoms with E-state index >= 15 is 0 Å². The van der Waals surface area contributed by atoms with Gasteiger partial charge in [0, 0.05) is 34.0 Å². The second-order valence-electron chi connectivity index (χ2n) is 13.1. The highest BCUT2D eigenvalue weighted by atomic mass is 15.1. The van der Waals surface area contributed by atoms with Crippen LogP contribution in [0.4, 0.5) is 28.4 Å². The number of anilines is 5. The molecule has 0 saturated carbocycles. The van der Waals surface area contributed by atoms with Gasteiger partial charge in [-0.2, -0.15) is 0 Å². The summed E-state index contributed by atoms with van der Waals surface area (Å²) >= 11 is 0. The van der Waals surface area contributed by atoms with Gasteiger partial charge >= 0.3 is 0 Å². The van der Waals surface area contributed by atoms with Crippen LogP contribution in [-0.4, -0.2) is 0 Å². The summed E-state index contributed by atoms with van der Waals surface area (Å²) in [5.41, 5.74) is 12.6. The largest absolute Gasteiger partial charge is 0.355 e. The van der Waals surface area contributed by atoms with Gasteiger partial charge in [-0.1, -0.05) is 152 Å². The standard InChI is InChI=1S/C50H36N2/c1-3-12-36(13-4-1)38-24-28-44(29-25-38)52(45-30-26-39(27-31-45)41-23-22-37-14-7-8-15-40(37)34-41)46-32-33-47-42(35-46)16-11-20-48(47)49-19-9-10-21-50(49)51-43-17-5-2-6-18-43/h1-35,51H. The van der Waals surface area contributed by atoms with Crippen LogP contribution in [0.5, 0.6) is 0 Å². The van der Waals surface area contributed by atoms with Gasteiger partial charge in [0.05, 0.1) is 0 Å². The number of benzene rings is 9. The third kappa shape index (κ3) is 6.19. The van der Waals surface area contributed by atoms with E-state index in [4.69, 9.17) is 0 Å². The van der Waals surface area contributed by atoms with Crippen LogP contribution in [0.1, 0.15) is 0 Å². The molecule has 0 unspecified atom stereocenters. The van der Waals surface area contributed by atoms with Crippen LogP contribution in [0.2, 0.25) is 0 Å². The first-order chi connectivity index (χ1) is 25.8. The zero-order valence-corrected chi connectivity index (χ0v) is 28.7.